The van der Waals surface area contributed by atoms with Crippen molar-refractivity contribution in [3.63, 3.8) is 0 Å². The van der Waals surface area contributed by atoms with Gasteiger partial charge in [-0.3, -0.25) is 4.79 Å². The van der Waals surface area contributed by atoms with E-state index < -0.39 is 0 Å². The molecular formula is C26H23N5O2. The van der Waals surface area contributed by atoms with Crippen molar-refractivity contribution in [2.45, 2.75) is 26.7 Å². The Morgan fingerprint density at radius 2 is 1.73 bits per heavy atom. The van der Waals surface area contributed by atoms with Crippen LogP contribution in [0.3, 0.4) is 0 Å². The zero-order chi connectivity index (χ0) is 23.4. The second kappa shape index (κ2) is 9.42. The Bertz CT molecular complexity index is 1260. The predicted molar refractivity (Wildman–Crippen MR) is 124 cm³/mol. The summed E-state index contributed by atoms with van der Waals surface area (Å²) in [6, 6.07) is 16.4. The van der Waals surface area contributed by atoms with Crippen molar-refractivity contribution < 1.29 is 9.53 Å². The summed E-state index contributed by atoms with van der Waals surface area (Å²) in [6.07, 6.45) is 3.77. The van der Waals surface area contributed by atoms with E-state index in [-0.39, 0.29) is 5.91 Å². The van der Waals surface area contributed by atoms with Crippen LogP contribution in [0.2, 0.25) is 0 Å². The molecule has 0 saturated heterocycles. The molecule has 0 radical (unpaired) electrons. The number of nitrogens with one attached hydrogen (secondary N) is 2. The molecule has 2 N–H and O–H groups in total. The van der Waals surface area contributed by atoms with Crippen LogP contribution in [0.15, 0.2) is 48.7 Å². The first-order chi connectivity index (χ1) is 16.0. The van der Waals surface area contributed by atoms with E-state index in [9.17, 15) is 10.1 Å². The Balaban J connectivity index is 1.66. The highest BCUT2D eigenvalue weighted by atomic mass is 16.5. The summed E-state index contributed by atoms with van der Waals surface area (Å²) in [4.78, 5) is 17.3. The molecule has 0 atom stereocenters. The van der Waals surface area contributed by atoms with Crippen LogP contribution in [0, 0.1) is 42.4 Å². The molecule has 2 aromatic carbocycles. The normalized spacial score (nSPS) is 12.4. The molecule has 1 amide bonds. The van der Waals surface area contributed by atoms with Crippen LogP contribution in [-0.4, -0.2) is 17.4 Å². The van der Waals surface area contributed by atoms with E-state index in [4.69, 9.17) is 10.00 Å². The Morgan fingerprint density at radius 1 is 1.06 bits per heavy atom. The highest BCUT2D eigenvalue weighted by Gasteiger charge is 2.23. The zero-order valence-electron chi connectivity index (χ0n) is 18.5. The van der Waals surface area contributed by atoms with Crippen molar-refractivity contribution in [3.8, 4) is 23.6 Å². The minimum absolute atomic E-state index is 0.238. The summed E-state index contributed by atoms with van der Waals surface area (Å²) in [5.41, 5.74) is 3.81. The monoisotopic (exact) mass is 437 g/mol. The minimum Gasteiger partial charge on any atom is -0.456 e. The van der Waals surface area contributed by atoms with Crippen LogP contribution < -0.4 is 15.4 Å². The van der Waals surface area contributed by atoms with Gasteiger partial charge >= 0.3 is 0 Å². The number of anilines is 2. The molecule has 1 heterocycles. The Morgan fingerprint density at radius 3 is 2.33 bits per heavy atom. The third-order valence-corrected chi connectivity index (χ3v) is 5.45. The van der Waals surface area contributed by atoms with E-state index in [1.54, 1.807) is 42.5 Å². The maximum atomic E-state index is 12.9. The van der Waals surface area contributed by atoms with E-state index in [1.807, 2.05) is 13.8 Å². The zero-order valence-corrected chi connectivity index (χ0v) is 18.5. The number of rotatable bonds is 7. The first-order valence-corrected chi connectivity index (χ1v) is 10.7. The summed E-state index contributed by atoms with van der Waals surface area (Å²) >= 11 is 0. The van der Waals surface area contributed by atoms with Crippen molar-refractivity contribution >= 4 is 17.4 Å². The average Bonchev–Trinajstić information content (AvgIpc) is 3.65. The lowest BCUT2D eigenvalue weighted by Gasteiger charge is -2.16. The Hall–Kier alpha value is -4.36. The first-order valence-electron chi connectivity index (χ1n) is 10.7. The maximum Gasteiger partial charge on any atom is 0.256 e. The van der Waals surface area contributed by atoms with Gasteiger partial charge in [0, 0.05) is 24.5 Å². The quantitative estimate of drug-likeness (QED) is 0.531. The number of ether oxygens (including phenoxy) is 1. The number of nitriles is 2. The number of nitrogens with zero attached hydrogens (tertiary/aromatic N) is 3. The number of hydrogen-bond donors (Lipinski definition) is 2. The van der Waals surface area contributed by atoms with Gasteiger partial charge in [0.1, 0.15) is 22.9 Å². The van der Waals surface area contributed by atoms with Crippen LogP contribution in [0.5, 0.6) is 11.5 Å². The molecular weight excluding hydrogens is 414 g/mol. The largest absolute Gasteiger partial charge is 0.456 e. The SMILES string of the molecule is Cc1cc(C#N)cc(C)c1Oc1cc(Nc2ccc(C#N)cc2)ncc1C(=O)NCC1CC1. The lowest BCUT2D eigenvalue weighted by Crippen LogP contribution is -2.26. The summed E-state index contributed by atoms with van der Waals surface area (Å²) in [5.74, 6) is 1.77. The van der Waals surface area contributed by atoms with Gasteiger partial charge in [-0.1, -0.05) is 0 Å². The molecule has 0 aliphatic heterocycles. The van der Waals surface area contributed by atoms with E-state index in [1.165, 1.54) is 6.20 Å². The van der Waals surface area contributed by atoms with Gasteiger partial charge in [-0.2, -0.15) is 10.5 Å². The molecule has 1 fully saturated rings. The molecule has 7 heteroatoms. The van der Waals surface area contributed by atoms with Crippen LogP contribution in [0.25, 0.3) is 0 Å². The van der Waals surface area contributed by atoms with Crippen LogP contribution in [0.1, 0.15) is 45.5 Å². The molecule has 4 rings (SSSR count). The molecule has 1 aliphatic rings. The number of benzene rings is 2. The Labute approximate surface area is 192 Å². The van der Waals surface area contributed by atoms with Crippen molar-refractivity contribution in [1.29, 1.82) is 10.5 Å². The van der Waals surface area contributed by atoms with Gasteiger partial charge in [-0.25, -0.2) is 4.98 Å². The number of carbonyl (C=O) groups is 1. The number of aromatic nitrogens is 1. The van der Waals surface area contributed by atoms with Crippen LogP contribution in [0.4, 0.5) is 11.5 Å². The number of amides is 1. The topological polar surface area (TPSA) is 111 Å². The third-order valence-electron chi connectivity index (χ3n) is 5.45. The van der Waals surface area contributed by atoms with Gasteiger partial charge in [0.15, 0.2) is 0 Å². The second-order valence-corrected chi connectivity index (χ2v) is 8.19. The second-order valence-electron chi connectivity index (χ2n) is 8.19. The first kappa shape index (κ1) is 21.9. The van der Waals surface area contributed by atoms with Gasteiger partial charge in [0.25, 0.3) is 5.91 Å². The van der Waals surface area contributed by atoms with Crippen LogP contribution >= 0.6 is 0 Å². The Kier molecular flexibility index (Phi) is 6.24. The van der Waals surface area contributed by atoms with Gasteiger partial charge in [-0.05, 0) is 80.1 Å². The molecule has 0 unspecified atom stereocenters. The van der Waals surface area contributed by atoms with E-state index in [0.29, 0.717) is 46.5 Å². The van der Waals surface area contributed by atoms with Crippen molar-refractivity contribution in [2.24, 2.45) is 5.92 Å². The van der Waals surface area contributed by atoms with E-state index in [2.05, 4.69) is 27.8 Å². The maximum absolute atomic E-state index is 12.9. The standard InChI is InChI=1S/C26H23N5O2/c1-16-9-20(13-28)10-17(2)25(16)33-23-11-24(31-21-7-5-18(12-27)6-8-21)29-15-22(23)26(32)30-14-19-3-4-19/h5-11,15,19H,3-4,14H2,1-2H3,(H,29,31)(H,30,32). The molecule has 33 heavy (non-hydrogen) atoms. The molecule has 7 nitrogen and oxygen atoms in total. The molecule has 1 saturated carbocycles. The molecule has 0 spiro atoms. The van der Waals surface area contributed by atoms with Crippen LogP contribution in [-0.2, 0) is 0 Å². The average molecular weight is 438 g/mol. The van der Waals surface area contributed by atoms with Gasteiger partial charge in [-0.15, -0.1) is 0 Å². The summed E-state index contributed by atoms with van der Waals surface area (Å²) in [5, 5.41) is 24.3. The van der Waals surface area contributed by atoms with E-state index in [0.717, 1.165) is 29.7 Å². The highest BCUT2D eigenvalue weighted by Crippen LogP contribution is 2.34. The minimum atomic E-state index is -0.238. The molecule has 0 bridgehead atoms. The molecule has 164 valence electrons. The van der Waals surface area contributed by atoms with Crippen molar-refractivity contribution in [2.75, 3.05) is 11.9 Å². The third kappa shape index (κ3) is 5.28. The number of hydrogen-bond acceptors (Lipinski definition) is 6. The van der Waals surface area contributed by atoms with Gasteiger partial charge in [0.05, 0.1) is 23.3 Å². The van der Waals surface area contributed by atoms with Gasteiger partial charge < -0.3 is 15.4 Å². The van der Waals surface area contributed by atoms with Crippen molar-refractivity contribution in [1.82, 2.24) is 10.3 Å². The number of pyridine rings is 1. The fourth-order valence-electron chi connectivity index (χ4n) is 3.48. The molecule has 3 aromatic rings. The summed E-state index contributed by atoms with van der Waals surface area (Å²) < 4.78 is 6.24. The highest BCUT2D eigenvalue weighted by molar-refractivity contribution is 5.97. The smallest absolute Gasteiger partial charge is 0.256 e. The molecule has 1 aliphatic carbocycles. The number of carbonyl (C=O) groups excluding carboxylic acids is 1. The fraction of sp³-hybridized carbons (Fsp3) is 0.231. The summed E-state index contributed by atoms with van der Waals surface area (Å²) in [7, 11) is 0. The lowest BCUT2D eigenvalue weighted by atomic mass is 10.1. The fourth-order valence-corrected chi connectivity index (χ4v) is 3.48. The van der Waals surface area contributed by atoms with Crippen molar-refractivity contribution in [3.05, 3.63) is 76.5 Å². The predicted octanol–water partition coefficient (Wildman–Crippen LogP) is 5.12. The summed E-state index contributed by atoms with van der Waals surface area (Å²) in [6.45, 7) is 4.37. The number of aryl methyl sites for hydroxylation is 2. The van der Waals surface area contributed by atoms with E-state index >= 15 is 0 Å². The molecule has 1 aromatic heterocycles. The lowest BCUT2D eigenvalue weighted by molar-refractivity contribution is 0.0949. The van der Waals surface area contributed by atoms with Gasteiger partial charge in [0.2, 0.25) is 0 Å².